The van der Waals surface area contributed by atoms with E-state index in [1.807, 2.05) is 0 Å². The molecule has 1 aromatic carbocycles. The number of benzene rings is 1. The Morgan fingerprint density at radius 1 is 1.56 bits per heavy atom. The maximum Gasteiger partial charge on any atom is 0.221 e. The van der Waals surface area contributed by atoms with E-state index in [4.69, 9.17) is 16.3 Å². The molecular weight excluding hydrogens is 233 g/mol. The predicted molar refractivity (Wildman–Crippen MR) is 61.1 cm³/mol. The Bertz CT molecular complexity index is 409. The van der Waals surface area contributed by atoms with Gasteiger partial charge in [-0.1, -0.05) is 11.6 Å². The molecule has 0 aromatic heterocycles. The van der Waals surface area contributed by atoms with E-state index < -0.39 is 5.82 Å². The standard InChI is InChI=1S/C11H13ClFNO2/c1-6(16-3)8-4-11(14-7(2)15)10(13)5-9(8)12/h4-6H,1-3H3,(H,14,15). The van der Waals surface area contributed by atoms with Crippen LogP contribution in [0.2, 0.25) is 5.02 Å². The van der Waals surface area contributed by atoms with Gasteiger partial charge in [0, 0.05) is 24.6 Å². The number of hydrogen-bond donors (Lipinski definition) is 1. The Kier molecular flexibility index (Phi) is 4.26. The van der Waals surface area contributed by atoms with E-state index in [-0.39, 0.29) is 22.7 Å². The Hall–Kier alpha value is -1.13. The molecule has 1 rings (SSSR count). The molecular formula is C11H13ClFNO2. The maximum atomic E-state index is 13.4. The first-order chi connectivity index (χ1) is 7.45. The minimum Gasteiger partial charge on any atom is -0.377 e. The molecule has 0 aliphatic heterocycles. The lowest BCUT2D eigenvalue weighted by atomic mass is 10.1. The molecule has 0 saturated heterocycles. The van der Waals surface area contributed by atoms with E-state index in [9.17, 15) is 9.18 Å². The second kappa shape index (κ2) is 5.27. The van der Waals surface area contributed by atoms with Crippen molar-refractivity contribution in [3.8, 4) is 0 Å². The highest BCUT2D eigenvalue weighted by Gasteiger charge is 2.14. The zero-order valence-electron chi connectivity index (χ0n) is 9.30. The maximum absolute atomic E-state index is 13.4. The van der Waals surface area contributed by atoms with Crippen LogP contribution in [0.5, 0.6) is 0 Å². The molecule has 1 unspecified atom stereocenters. The molecule has 5 heteroatoms. The highest BCUT2D eigenvalue weighted by Crippen LogP contribution is 2.30. The van der Waals surface area contributed by atoms with E-state index in [0.29, 0.717) is 5.56 Å². The number of carbonyl (C=O) groups is 1. The Morgan fingerprint density at radius 2 is 2.19 bits per heavy atom. The van der Waals surface area contributed by atoms with Crippen LogP contribution in [0, 0.1) is 5.82 Å². The molecule has 0 fully saturated rings. The topological polar surface area (TPSA) is 38.3 Å². The highest BCUT2D eigenvalue weighted by molar-refractivity contribution is 6.31. The summed E-state index contributed by atoms with van der Waals surface area (Å²) < 4.78 is 18.5. The molecule has 88 valence electrons. The molecule has 0 radical (unpaired) electrons. The predicted octanol–water partition coefficient (Wildman–Crippen LogP) is 3.14. The number of nitrogens with one attached hydrogen (secondary N) is 1. The van der Waals surface area contributed by atoms with Gasteiger partial charge in [0.25, 0.3) is 0 Å². The third-order valence-corrected chi connectivity index (χ3v) is 2.52. The molecule has 1 N–H and O–H groups in total. The van der Waals surface area contributed by atoms with Crippen LogP contribution in [0.3, 0.4) is 0 Å². The lowest BCUT2D eigenvalue weighted by molar-refractivity contribution is -0.114. The first-order valence-corrected chi connectivity index (χ1v) is 5.12. The first kappa shape index (κ1) is 12.9. The van der Waals surface area contributed by atoms with Gasteiger partial charge in [-0.25, -0.2) is 4.39 Å². The van der Waals surface area contributed by atoms with Crippen LogP contribution in [-0.4, -0.2) is 13.0 Å². The molecule has 0 spiro atoms. The number of amides is 1. The van der Waals surface area contributed by atoms with Gasteiger partial charge in [0.05, 0.1) is 11.8 Å². The second-order valence-corrected chi connectivity index (χ2v) is 3.82. The van der Waals surface area contributed by atoms with Crippen molar-refractivity contribution < 1.29 is 13.9 Å². The van der Waals surface area contributed by atoms with E-state index in [1.165, 1.54) is 20.1 Å². The number of halogens is 2. The van der Waals surface area contributed by atoms with Crippen molar-refractivity contribution in [1.29, 1.82) is 0 Å². The number of ether oxygens (including phenoxy) is 1. The summed E-state index contributed by atoms with van der Waals surface area (Å²) in [4.78, 5) is 10.9. The third kappa shape index (κ3) is 2.93. The molecule has 0 aliphatic rings. The lowest BCUT2D eigenvalue weighted by Crippen LogP contribution is -2.09. The van der Waals surface area contributed by atoms with Gasteiger partial charge in [0.15, 0.2) is 0 Å². The number of rotatable bonds is 3. The van der Waals surface area contributed by atoms with Gasteiger partial charge in [-0.05, 0) is 19.1 Å². The summed E-state index contributed by atoms with van der Waals surface area (Å²) in [6.07, 6.45) is -0.263. The van der Waals surface area contributed by atoms with E-state index in [0.717, 1.165) is 6.07 Å². The molecule has 1 atom stereocenters. The Balaban J connectivity index is 3.15. The molecule has 0 aliphatic carbocycles. The molecule has 1 aromatic rings. The van der Waals surface area contributed by atoms with Crippen molar-refractivity contribution in [2.75, 3.05) is 12.4 Å². The average Bonchev–Trinajstić information content (AvgIpc) is 2.20. The van der Waals surface area contributed by atoms with Crippen molar-refractivity contribution >= 4 is 23.2 Å². The summed E-state index contributed by atoms with van der Waals surface area (Å²) in [5.41, 5.74) is 0.741. The van der Waals surface area contributed by atoms with Gasteiger partial charge >= 0.3 is 0 Å². The van der Waals surface area contributed by atoms with Crippen LogP contribution in [0.25, 0.3) is 0 Å². The van der Waals surface area contributed by atoms with E-state index >= 15 is 0 Å². The van der Waals surface area contributed by atoms with Gasteiger partial charge in [0.2, 0.25) is 5.91 Å². The van der Waals surface area contributed by atoms with Crippen molar-refractivity contribution in [1.82, 2.24) is 0 Å². The largest absolute Gasteiger partial charge is 0.377 e. The van der Waals surface area contributed by atoms with E-state index in [1.54, 1.807) is 6.92 Å². The minimum atomic E-state index is -0.563. The fourth-order valence-electron chi connectivity index (χ4n) is 1.29. The first-order valence-electron chi connectivity index (χ1n) is 4.75. The number of hydrogen-bond acceptors (Lipinski definition) is 2. The summed E-state index contributed by atoms with van der Waals surface area (Å²) >= 11 is 5.88. The molecule has 0 saturated carbocycles. The number of carbonyl (C=O) groups excluding carboxylic acids is 1. The van der Waals surface area contributed by atoms with Gasteiger partial charge < -0.3 is 10.1 Å². The molecule has 3 nitrogen and oxygen atoms in total. The molecule has 16 heavy (non-hydrogen) atoms. The zero-order valence-corrected chi connectivity index (χ0v) is 10.1. The van der Waals surface area contributed by atoms with Crippen molar-refractivity contribution in [3.05, 3.63) is 28.5 Å². The lowest BCUT2D eigenvalue weighted by Gasteiger charge is -2.14. The number of anilines is 1. The molecule has 0 bridgehead atoms. The highest BCUT2D eigenvalue weighted by atomic mass is 35.5. The van der Waals surface area contributed by atoms with Crippen LogP contribution >= 0.6 is 11.6 Å². The van der Waals surface area contributed by atoms with Gasteiger partial charge in [0.1, 0.15) is 5.82 Å². The van der Waals surface area contributed by atoms with Gasteiger partial charge in [-0.15, -0.1) is 0 Å². The van der Waals surface area contributed by atoms with Crippen molar-refractivity contribution in [2.45, 2.75) is 20.0 Å². The molecule has 0 heterocycles. The SMILES string of the molecule is COC(C)c1cc(NC(C)=O)c(F)cc1Cl. The van der Waals surface area contributed by atoms with Crippen LogP contribution < -0.4 is 5.32 Å². The third-order valence-electron chi connectivity index (χ3n) is 2.19. The molecule has 1 amide bonds. The number of methoxy groups -OCH3 is 1. The fraction of sp³-hybridized carbons (Fsp3) is 0.364. The van der Waals surface area contributed by atoms with Crippen molar-refractivity contribution in [3.63, 3.8) is 0 Å². The summed E-state index contributed by atoms with van der Waals surface area (Å²) in [5, 5.41) is 2.67. The average molecular weight is 246 g/mol. The normalized spacial score (nSPS) is 12.3. The summed E-state index contributed by atoms with van der Waals surface area (Å²) in [6.45, 7) is 3.10. The van der Waals surface area contributed by atoms with Crippen molar-refractivity contribution in [2.24, 2.45) is 0 Å². The minimum absolute atomic E-state index is 0.107. The summed E-state index contributed by atoms with van der Waals surface area (Å²) in [7, 11) is 1.53. The van der Waals surface area contributed by atoms with Crippen LogP contribution in [0.1, 0.15) is 25.5 Å². The summed E-state index contributed by atoms with van der Waals surface area (Å²) in [6, 6.07) is 2.64. The van der Waals surface area contributed by atoms with Crippen LogP contribution in [0.15, 0.2) is 12.1 Å². The Labute approximate surface area is 98.5 Å². The zero-order chi connectivity index (χ0) is 12.3. The second-order valence-electron chi connectivity index (χ2n) is 3.41. The van der Waals surface area contributed by atoms with Gasteiger partial charge in [-0.3, -0.25) is 4.79 Å². The van der Waals surface area contributed by atoms with Crippen LogP contribution in [-0.2, 0) is 9.53 Å². The summed E-state index contributed by atoms with van der Waals surface area (Å²) in [5.74, 6) is -0.899. The smallest absolute Gasteiger partial charge is 0.221 e. The quantitative estimate of drug-likeness (QED) is 0.889. The van der Waals surface area contributed by atoms with E-state index in [2.05, 4.69) is 5.32 Å². The van der Waals surface area contributed by atoms with Crippen LogP contribution in [0.4, 0.5) is 10.1 Å². The van der Waals surface area contributed by atoms with Gasteiger partial charge in [-0.2, -0.15) is 0 Å². The fourth-order valence-corrected chi connectivity index (χ4v) is 1.59. The Morgan fingerprint density at radius 3 is 2.69 bits per heavy atom. The monoisotopic (exact) mass is 245 g/mol.